The molecule has 3 aromatic heterocycles. The molecule has 2 aliphatic rings. The number of likely N-dealkylation sites (tertiary alicyclic amines) is 1. The molecule has 2 atom stereocenters. The molecule has 1 fully saturated rings. The van der Waals surface area contributed by atoms with E-state index in [1.54, 1.807) is 40.3 Å². The zero-order valence-corrected chi connectivity index (χ0v) is 16.9. The Balaban J connectivity index is 1.29. The van der Waals surface area contributed by atoms with Crippen molar-refractivity contribution in [1.82, 2.24) is 24.6 Å². The van der Waals surface area contributed by atoms with E-state index in [4.69, 9.17) is 9.47 Å². The zero-order valence-electron chi connectivity index (χ0n) is 16.9. The first kappa shape index (κ1) is 19.4. The molecule has 10 heteroatoms. The number of alkyl halides is 1. The van der Waals surface area contributed by atoms with E-state index in [0.717, 1.165) is 11.4 Å². The lowest BCUT2D eigenvalue weighted by atomic mass is 10.1. The summed E-state index contributed by atoms with van der Waals surface area (Å²) < 4.78 is 26.8. The minimum absolute atomic E-state index is 0.124. The first-order chi connectivity index (χ1) is 15.1. The lowest BCUT2D eigenvalue weighted by Crippen LogP contribution is -2.39. The van der Waals surface area contributed by atoms with Gasteiger partial charge in [-0.1, -0.05) is 0 Å². The third-order valence-electron chi connectivity index (χ3n) is 5.48. The Labute approximate surface area is 177 Å². The van der Waals surface area contributed by atoms with Crippen LogP contribution in [0.5, 0.6) is 11.5 Å². The minimum Gasteiger partial charge on any atom is -0.453 e. The summed E-state index contributed by atoms with van der Waals surface area (Å²) in [7, 11) is 1.84. The van der Waals surface area contributed by atoms with Gasteiger partial charge in [0.2, 0.25) is 12.7 Å². The van der Waals surface area contributed by atoms with Gasteiger partial charge in [0.15, 0.2) is 11.5 Å². The molecule has 0 aliphatic carbocycles. The summed E-state index contributed by atoms with van der Waals surface area (Å²) in [5.74, 6) is 0.889. The van der Waals surface area contributed by atoms with Gasteiger partial charge in [0.05, 0.1) is 29.3 Å². The van der Waals surface area contributed by atoms with Gasteiger partial charge in [-0.2, -0.15) is 5.10 Å². The molecule has 1 saturated heterocycles. The Morgan fingerprint density at radius 3 is 2.90 bits per heavy atom. The Bertz CT molecular complexity index is 1100. The van der Waals surface area contributed by atoms with Crippen molar-refractivity contribution < 1.29 is 18.7 Å². The van der Waals surface area contributed by atoms with Gasteiger partial charge in [0, 0.05) is 45.0 Å². The molecule has 3 aromatic rings. The number of hydrogen-bond donors (Lipinski definition) is 1. The number of carbonyl (C=O) groups excluding carboxylic acids is 1. The van der Waals surface area contributed by atoms with Crippen LogP contribution in [-0.2, 0) is 18.4 Å². The summed E-state index contributed by atoms with van der Waals surface area (Å²) in [5.41, 5.74) is 2.79. The number of rotatable bonds is 5. The van der Waals surface area contributed by atoms with E-state index >= 15 is 0 Å². The van der Waals surface area contributed by atoms with Crippen molar-refractivity contribution in [3.05, 3.63) is 48.5 Å². The molecule has 31 heavy (non-hydrogen) atoms. The second-order valence-corrected chi connectivity index (χ2v) is 7.53. The summed E-state index contributed by atoms with van der Waals surface area (Å²) >= 11 is 0. The quantitative estimate of drug-likeness (QED) is 0.671. The molecule has 0 aromatic carbocycles. The van der Waals surface area contributed by atoms with Crippen molar-refractivity contribution in [2.45, 2.75) is 25.2 Å². The number of hydrogen-bond acceptors (Lipinski definition) is 7. The highest BCUT2D eigenvalue weighted by atomic mass is 19.1. The van der Waals surface area contributed by atoms with Crippen LogP contribution in [0, 0.1) is 0 Å². The number of ether oxygens (including phenoxy) is 2. The third kappa shape index (κ3) is 3.81. The van der Waals surface area contributed by atoms with Crippen LogP contribution < -0.4 is 14.8 Å². The maximum Gasteiger partial charge on any atom is 0.241 e. The summed E-state index contributed by atoms with van der Waals surface area (Å²) in [5, 5.41) is 6.98. The number of halogens is 1. The van der Waals surface area contributed by atoms with Crippen LogP contribution in [0.4, 0.5) is 10.1 Å². The number of aromatic nitrogens is 4. The molecule has 9 nitrogen and oxygen atoms in total. The van der Waals surface area contributed by atoms with Gasteiger partial charge in [-0.25, -0.2) is 4.39 Å². The van der Waals surface area contributed by atoms with Gasteiger partial charge in [-0.05, 0) is 18.2 Å². The number of carbonyl (C=O) groups is 1. The van der Waals surface area contributed by atoms with E-state index in [1.807, 2.05) is 19.2 Å². The largest absolute Gasteiger partial charge is 0.453 e. The highest BCUT2D eigenvalue weighted by Gasteiger charge is 2.38. The number of nitrogens with zero attached hydrogens (tertiary/aromatic N) is 5. The van der Waals surface area contributed by atoms with Crippen molar-refractivity contribution in [3.63, 3.8) is 0 Å². The molecule has 0 radical (unpaired) electrons. The predicted molar refractivity (Wildman–Crippen MR) is 109 cm³/mol. The maximum atomic E-state index is 14.2. The fourth-order valence-corrected chi connectivity index (χ4v) is 3.96. The third-order valence-corrected chi connectivity index (χ3v) is 5.48. The second kappa shape index (κ2) is 7.95. The van der Waals surface area contributed by atoms with Crippen molar-refractivity contribution >= 4 is 11.6 Å². The van der Waals surface area contributed by atoms with Crippen LogP contribution >= 0.6 is 0 Å². The van der Waals surface area contributed by atoms with E-state index in [1.165, 1.54) is 0 Å². The fourth-order valence-electron chi connectivity index (χ4n) is 3.96. The molecule has 160 valence electrons. The van der Waals surface area contributed by atoms with Crippen LogP contribution in [0.3, 0.4) is 0 Å². The molecule has 5 rings (SSSR count). The summed E-state index contributed by atoms with van der Waals surface area (Å²) in [6.45, 7) is 0.580. The average molecular weight is 424 g/mol. The Morgan fingerprint density at radius 2 is 2.13 bits per heavy atom. The first-order valence-electron chi connectivity index (χ1n) is 9.95. The molecule has 0 saturated carbocycles. The molecule has 2 aliphatic heterocycles. The molecule has 0 spiro atoms. The lowest BCUT2D eigenvalue weighted by molar-refractivity contribution is -0.120. The van der Waals surface area contributed by atoms with Gasteiger partial charge in [0.25, 0.3) is 0 Å². The highest BCUT2D eigenvalue weighted by Crippen LogP contribution is 2.35. The van der Waals surface area contributed by atoms with Gasteiger partial charge >= 0.3 is 0 Å². The molecule has 1 N–H and O–H groups in total. The smallest absolute Gasteiger partial charge is 0.241 e. The van der Waals surface area contributed by atoms with Crippen LogP contribution in [-0.4, -0.2) is 56.1 Å². The summed E-state index contributed by atoms with van der Waals surface area (Å²) in [4.78, 5) is 23.4. The van der Waals surface area contributed by atoms with Gasteiger partial charge in [-0.15, -0.1) is 0 Å². The molecular formula is C21H21FN6O3. The van der Waals surface area contributed by atoms with Gasteiger partial charge in [-0.3, -0.25) is 24.3 Å². The Hall–Kier alpha value is -3.53. The van der Waals surface area contributed by atoms with Gasteiger partial charge < -0.3 is 14.8 Å². The van der Waals surface area contributed by atoms with E-state index < -0.39 is 12.2 Å². The monoisotopic (exact) mass is 424 g/mol. The number of amides is 1. The van der Waals surface area contributed by atoms with Crippen molar-refractivity contribution in [1.29, 1.82) is 0 Å². The van der Waals surface area contributed by atoms with Crippen molar-refractivity contribution in [2.75, 3.05) is 18.7 Å². The number of nitrogens with one attached hydrogen (secondary N) is 1. The molecule has 0 unspecified atom stereocenters. The van der Waals surface area contributed by atoms with Gasteiger partial charge in [0.1, 0.15) is 11.9 Å². The number of aryl methyl sites for hydroxylation is 1. The topological polar surface area (TPSA) is 94.4 Å². The number of fused-ring (bicyclic) bond motifs is 1. The summed E-state index contributed by atoms with van der Waals surface area (Å²) in [6.07, 6.45) is 3.94. The average Bonchev–Trinajstić information content (AvgIpc) is 3.49. The zero-order chi connectivity index (χ0) is 21.4. The second-order valence-electron chi connectivity index (χ2n) is 7.53. The first-order valence-corrected chi connectivity index (χ1v) is 9.95. The van der Waals surface area contributed by atoms with E-state index in [9.17, 15) is 9.18 Å². The highest BCUT2D eigenvalue weighted by molar-refractivity contribution is 5.95. The standard InChI is InChI=1S/C21H21FN6O3/c1-27-17(4-7-25-27)15-3-2-14(9-24-15)26-21(29)18-8-13(22)10-28(18)11-16-20-19(5-6-23-16)30-12-31-20/h2-7,9,13,18H,8,10-12H2,1H3,(H,26,29)/t13-,18+/m0/s1. The van der Waals surface area contributed by atoms with Crippen molar-refractivity contribution in [2.24, 2.45) is 7.05 Å². The lowest BCUT2D eigenvalue weighted by Gasteiger charge is -2.23. The number of pyridine rings is 2. The van der Waals surface area contributed by atoms with E-state index in [-0.39, 0.29) is 25.7 Å². The maximum absolute atomic E-state index is 14.2. The van der Waals surface area contributed by atoms with Crippen LogP contribution in [0.15, 0.2) is 42.9 Å². The normalized spacial score (nSPS) is 20.2. The molecule has 0 bridgehead atoms. The number of anilines is 1. The summed E-state index contributed by atoms with van der Waals surface area (Å²) in [6, 6.07) is 6.55. The SMILES string of the molecule is Cn1nccc1-c1ccc(NC(=O)[C@H]2C[C@H](F)CN2Cc2nccc3c2OCO3)cn1. The molecular weight excluding hydrogens is 403 g/mol. The minimum atomic E-state index is -1.09. The fraction of sp³-hybridized carbons (Fsp3) is 0.333. The van der Waals surface area contributed by atoms with Crippen molar-refractivity contribution in [3.8, 4) is 22.9 Å². The van der Waals surface area contributed by atoms with E-state index in [0.29, 0.717) is 29.4 Å². The van der Waals surface area contributed by atoms with Crippen LogP contribution in [0.25, 0.3) is 11.4 Å². The van der Waals surface area contributed by atoms with Crippen LogP contribution in [0.2, 0.25) is 0 Å². The van der Waals surface area contributed by atoms with E-state index in [2.05, 4.69) is 20.4 Å². The Morgan fingerprint density at radius 1 is 1.23 bits per heavy atom. The molecule has 5 heterocycles. The Kier molecular flexibility index (Phi) is 4.99. The van der Waals surface area contributed by atoms with Crippen LogP contribution in [0.1, 0.15) is 12.1 Å². The predicted octanol–water partition coefficient (Wildman–Crippen LogP) is 2.16. The molecule has 1 amide bonds.